The zero-order valence-corrected chi connectivity index (χ0v) is 13.8. The first-order valence-corrected chi connectivity index (χ1v) is 8.86. The van der Waals surface area contributed by atoms with Crippen molar-refractivity contribution in [3.8, 4) is 0 Å². The van der Waals surface area contributed by atoms with E-state index in [0.717, 1.165) is 38.5 Å². The van der Waals surface area contributed by atoms with Gasteiger partial charge in [0.1, 0.15) is 0 Å². The monoisotopic (exact) mass is 294 g/mol. The average molecular weight is 294 g/mol. The fourth-order valence-electron chi connectivity index (χ4n) is 3.10. The van der Waals surface area contributed by atoms with Crippen LogP contribution in [0, 0.1) is 5.41 Å². The molecule has 1 unspecified atom stereocenters. The van der Waals surface area contributed by atoms with Gasteiger partial charge in [-0.3, -0.25) is 0 Å². The molecule has 0 radical (unpaired) electrons. The molecule has 1 aliphatic rings. The summed E-state index contributed by atoms with van der Waals surface area (Å²) in [5.41, 5.74) is 0.255. The highest BCUT2D eigenvalue weighted by atomic mass is 16.3. The van der Waals surface area contributed by atoms with E-state index in [1.807, 2.05) is 6.08 Å². The molecule has 0 amide bonds. The van der Waals surface area contributed by atoms with Gasteiger partial charge in [-0.1, -0.05) is 69.8 Å². The predicted octanol–water partition coefficient (Wildman–Crippen LogP) is 4.76. The zero-order chi connectivity index (χ0) is 15.4. The number of unbranched alkanes of at least 4 members (excludes halogenated alkanes) is 5. The zero-order valence-electron chi connectivity index (χ0n) is 13.8. The van der Waals surface area contributed by atoms with Gasteiger partial charge in [0.05, 0.1) is 6.10 Å². The van der Waals surface area contributed by atoms with Gasteiger partial charge in [0.25, 0.3) is 0 Å². The van der Waals surface area contributed by atoms with Crippen LogP contribution in [-0.4, -0.2) is 22.9 Å². The van der Waals surface area contributed by atoms with Gasteiger partial charge in [-0.25, -0.2) is 0 Å². The Bertz CT molecular complexity index is 299. The number of rotatable bonds is 12. The molecule has 0 saturated heterocycles. The minimum atomic E-state index is -0.275. The van der Waals surface area contributed by atoms with Crippen molar-refractivity contribution in [2.75, 3.05) is 6.61 Å². The normalized spacial score (nSPS) is 18.6. The van der Waals surface area contributed by atoms with E-state index in [9.17, 15) is 5.11 Å². The Morgan fingerprint density at radius 3 is 2.43 bits per heavy atom. The molecule has 0 fully saturated rings. The van der Waals surface area contributed by atoms with Crippen molar-refractivity contribution in [3.05, 3.63) is 24.3 Å². The summed E-state index contributed by atoms with van der Waals surface area (Å²) in [5, 5.41) is 18.9. The molecule has 0 aromatic heterocycles. The number of hydrogen-bond donors (Lipinski definition) is 2. The fourth-order valence-corrected chi connectivity index (χ4v) is 3.10. The lowest BCUT2D eigenvalue weighted by atomic mass is 9.79. The van der Waals surface area contributed by atoms with Crippen LogP contribution >= 0.6 is 0 Å². The van der Waals surface area contributed by atoms with Crippen LogP contribution in [0.3, 0.4) is 0 Å². The molecule has 0 spiro atoms. The number of aliphatic hydroxyl groups is 2. The Morgan fingerprint density at radius 2 is 1.76 bits per heavy atom. The van der Waals surface area contributed by atoms with Crippen LogP contribution in [0.25, 0.3) is 0 Å². The molecule has 122 valence electrons. The van der Waals surface area contributed by atoms with E-state index in [2.05, 4.69) is 25.2 Å². The van der Waals surface area contributed by atoms with Crippen molar-refractivity contribution < 1.29 is 10.2 Å². The molecule has 2 N–H and O–H groups in total. The van der Waals surface area contributed by atoms with Gasteiger partial charge < -0.3 is 10.2 Å². The molecule has 2 heteroatoms. The Hall–Kier alpha value is -0.600. The first-order valence-electron chi connectivity index (χ1n) is 8.86. The molecular formula is C19H34O2. The summed E-state index contributed by atoms with van der Waals surface area (Å²) < 4.78 is 0. The van der Waals surface area contributed by atoms with Gasteiger partial charge >= 0.3 is 0 Å². The van der Waals surface area contributed by atoms with Gasteiger partial charge in [-0.15, -0.1) is 0 Å². The van der Waals surface area contributed by atoms with Gasteiger partial charge in [-0.05, 0) is 37.5 Å². The molecule has 21 heavy (non-hydrogen) atoms. The van der Waals surface area contributed by atoms with Gasteiger partial charge in [-0.2, -0.15) is 0 Å². The van der Waals surface area contributed by atoms with E-state index in [-0.39, 0.29) is 11.5 Å². The summed E-state index contributed by atoms with van der Waals surface area (Å²) in [6.45, 7) is 2.51. The molecule has 0 saturated carbocycles. The molecular weight excluding hydrogens is 260 g/mol. The van der Waals surface area contributed by atoms with Crippen molar-refractivity contribution in [1.29, 1.82) is 0 Å². The van der Waals surface area contributed by atoms with Crippen molar-refractivity contribution in [1.82, 2.24) is 0 Å². The third kappa shape index (κ3) is 7.82. The molecule has 0 bridgehead atoms. The lowest BCUT2D eigenvalue weighted by Gasteiger charge is -2.25. The van der Waals surface area contributed by atoms with E-state index in [1.54, 1.807) is 0 Å². The molecule has 1 atom stereocenters. The van der Waals surface area contributed by atoms with E-state index in [4.69, 9.17) is 5.11 Å². The summed E-state index contributed by atoms with van der Waals surface area (Å²) in [6.07, 6.45) is 20.9. The van der Waals surface area contributed by atoms with Crippen LogP contribution in [0.15, 0.2) is 24.3 Å². The molecule has 2 nitrogen and oxygen atoms in total. The van der Waals surface area contributed by atoms with Crippen molar-refractivity contribution >= 4 is 0 Å². The average Bonchev–Trinajstić information content (AvgIpc) is 2.95. The van der Waals surface area contributed by atoms with Crippen LogP contribution in [0.1, 0.15) is 77.6 Å². The van der Waals surface area contributed by atoms with Crippen LogP contribution in [0.2, 0.25) is 0 Å². The van der Waals surface area contributed by atoms with Crippen molar-refractivity contribution in [2.45, 2.75) is 83.7 Å². The fraction of sp³-hybridized carbons (Fsp3) is 0.789. The van der Waals surface area contributed by atoms with Gasteiger partial charge in [0, 0.05) is 6.61 Å². The minimum absolute atomic E-state index is 0.255. The SMILES string of the molecule is CCCCCC(O)C=CC1(CCCCCCO)CC=CC1. The van der Waals surface area contributed by atoms with Crippen LogP contribution in [0.5, 0.6) is 0 Å². The highest BCUT2D eigenvalue weighted by molar-refractivity contribution is 5.13. The standard InChI is InChI=1S/C19H34O2/c1-2-3-6-11-18(21)12-16-19(14-8-9-15-19)13-7-4-5-10-17-20/h8-9,12,16,18,20-21H,2-7,10-11,13-15,17H2,1H3. The summed E-state index contributed by atoms with van der Waals surface area (Å²) in [4.78, 5) is 0. The van der Waals surface area contributed by atoms with Crippen molar-refractivity contribution in [2.24, 2.45) is 5.41 Å². The Kier molecular flexibility index (Phi) is 9.69. The summed E-state index contributed by atoms with van der Waals surface area (Å²) in [5.74, 6) is 0. The summed E-state index contributed by atoms with van der Waals surface area (Å²) >= 11 is 0. The van der Waals surface area contributed by atoms with E-state index < -0.39 is 0 Å². The number of allylic oxidation sites excluding steroid dienone is 3. The second-order valence-corrected chi connectivity index (χ2v) is 6.55. The number of hydrogen-bond acceptors (Lipinski definition) is 2. The Morgan fingerprint density at radius 1 is 1.05 bits per heavy atom. The molecule has 0 aliphatic heterocycles. The van der Waals surface area contributed by atoms with Crippen LogP contribution in [0.4, 0.5) is 0 Å². The molecule has 1 aliphatic carbocycles. The first kappa shape index (κ1) is 18.4. The second-order valence-electron chi connectivity index (χ2n) is 6.55. The molecule has 0 aromatic rings. The molecule has 0 aromatic carbocycles. The largest absolute Gasteiger partial charge is 0.396 e. The first-order chi connectivity index (χ1) is 10.2. The maximum atomic E-state index is 10.1. The second kappa shape index (κ2) is 11.0. The maximum Gasteiger partial charge on any atom is 0.0721 e. The minimum Gasteiger partial charge on any atom is -0.396 e. The van der Waals surface area contributed by atoms with Crippen LogP contribution < -0.4 is 0 Å². The highest BCUT2D eigenvalue weighted by Gasteiger charge is 2.27. The highest BCUT2D eigenvalue weighted by Crippen LogP contribution is 2.40. The van der Waals surface area contributed by atoms with E-state index >= 15 is 0 Å². The third-order valence-electron chi connectivity index (χ3n) is 4.57. The lowest BCUT2D eigenvalue weighted by Crippen LogP contribution is -2.15. The van der Waals surface area contributed by atoms with E-state index in [1.165, 1.54) is 32.1 Å². The smallest absolute Gasteiger partial charge is 0.0721 e. The van der Waals surface area contributed by atoms with Crippen LogP contribution in [-0.2, 0) is 0 Å². The summed E-state index contributed by atoms with van der Waals surface area (Å²) in [6, 6.07) is 0. The van der Waals surface area contributed by atoms with Gasteiger partial charge in [0.15, 0.2) is 0 Å². The quantitative estimate of drug-likeness (QED) is 0.402. The number of aliphatic hydroxyl groups excluding tert-OH is 2. The van der Waals surface area contributed by atoms with Gasteiger partial charge in [0.2, 0.25) is 0 Å². The maximum absolute atomic E-state index is 10.1. The Labute approximate surface area is 131 Å². The van der Waals surface area contributed by atoms with Crippen molar-refractivity contribution in [3.63, 3.8) is 0 Å². The topological polar surface area (TPSA) is 40.5 Å². The lowest BCUT2D eigenvalue weighted by molar-refractivity contribution is 0.205. The molecule has 0 heterocycles. The molecule has 1 rings (SSSR count). The predicted molar refractivity (Wildman–Crippen MR) is 90.3 cm³/mol. The Balaban J connectivity index is 2.33. The third-order valence-corrected chi connectivity index (χ3v) is 4.57. The van der Waals surface area contributed by atoms with E-state index in [0.29, 0.717) is 6.61 Å². The summed E-state index contributed by atoms with van der Waals surface area (Å²) in [7, 11) is 0.